The van der Waals surface area contributed by atoms with Gasteiger partial charge >= 0.3 is 0 Å². The molecule has 0 N–H and O–H groups in total. The van der Waals surface area contributed by atoms with E-state index in [4.69, 9.17) is 0 Å². The number of thiophene rings is 1. The van der Waals surface area contributed by atoms with Crippen LogP contribution in [0.2, 0.25) is 0 Å². The Morgan fingerprint density at radius 1 is 1.04 bits per heavy atom. The first kappa shape index (κ1) is 19.6. The van der Waals surface area contributed by atoms with Crippen molar-refractivity contribution >= 4 is 34.5 Å². The molecule has 0 aliphatic carbocycles. The number of hydrogen-bond donors (Lipinski definition) is 0. The van der Waals surface area contributed by atoms with Crippen molar-refractivity contribution in [3.63, 3.8) is 0 Å². The molecule has 2 saturated heterocycles. The van der Waals surface area contributed by atoms with E-state index in [9.17, 15) is 9.59 Å². The third-order valence-corrected chi connectivity index (χ3v) is 7.69. The summed E-state index contributed by atoms with van der Waals surface area (Å²) in [5.74, 6) is 0.450. The fourth-order valence-corrected chi connectivity index (χ4v) is 5.87. The van der Waals surface area contributed by atoms with Gasteiger partial charge in [0.05, 0.1) is 5.69 Å². The zero-order valence-electron chi connectivity index (χ0n) is 16.4. The van der Waals surface area contributed by atoms with Crippen LogP contribution in [-0.4, -0.2) is 52.8 Å². The van der Waals surface area contributed by atoms with Gasteiger partial charge in [-0.2, -0.15) is 11.3 Å². The topological polar surface area (TPSA) is 53.5 Å². The third kappa shape index (κ3) is 4.15. The lowest BCUT2D eigenvalue weighted by molar-refractivity contribution is -0.136. The van der Waals surface area contributed by atoms with E-state index in [1.54, 1.807) is 11.3 Å². The number of thiazole rings is 1. The van der Waals surface area contributed by atoms with Gasteiger partial charge < -0.3 is 9.80 Å². The lowest BCUT2D eigenvalue weighted by Gasteiger charge is -2.34. The number of aromatic nitrogens is 1. The van der Waals surface area contributed by atoms with Crippen LogP contribution >= 0.6 is 22.7 Å². The van der Waals surface area contributed by atoms with Crippen molar-refractivity contribution in [3.8, 4) is 10.6 Å². The van der Waals surface area contributed by atoms with Crippen LogP contribution in [-0.2, 0) is 4.79 Å². The number of piperidine rings is 1. The molecule has 0 radical (unpaired) electrons. The fraction of sp³-hybridized carbons (Fsp3) is 0.571. The van der Waals surface area contributed by atoms with Crippen molar-refractivity contribution in [1.82, 2.24) is 14.8 Å². The van der Waals surface area contributed by atoms with Gasteiger partial charge in [0.25, 0.3) is 5.91 Å². The first-order chi connectivity index (χ1) is 13.6. The lowest BCUT2D eigenvalue weighted by atomic mass is 9.95. The van der Waals surface area contributed by atoms with Gasteiger partial charge in [-0.05, 0) is 44.1 Å². The van der Waals surface area contributed by atoms with Crippen molar-refractivity contribution in [2.45, 2.75) is 45.4 Å². The van der Waals surface area contributed by atoms with E-state index in [2.05, 4.69) is 15.3 Å². The molecule has 5 nitrogen and oxygen atoms in total. The minimum Gasteiger partial charge on any atom is -0.342 e. The summed E-state index contributed by atoms with van der Waals surface area (Å²) in [6, 6.07) is 2.04. The van der Waals surface area contributed by atoms with Crippen molar-refractivity contribution in [2.24, 2.45) is 5.92 Å². The predicted octanol–water partition coefficient (Wildman–Crippen LogP) is 4.43. The molecule has 0 spiro atoms. The number of carbonyl (C=O) groups is 2. The SMILES string of the molecule is Cc1nc(-c2ccsc2)sc1C(=O)N1CCC(C(=O)N2CCCCCC2)CC1. The Morgan fingerprint density at radius 3 is 2.39 bits per heavy atom. The fourth-order valence-electron chi connectivity index (χ4n) is 4.13. The molecule has 4 heterocycles. The van der Waals surface area contributed by atoms with Crippen LogP contribution in [0.5, 0.6) is 0 Å². The second-order valence-electron chi connectivity index (χ2n) is 7.75. The van der Waals surface area contributed by atoms with Gasteiger partial charge in [0.1, 0.15) is 9.88 Å². The van der Waals surface area contributed by atoms with E-state index < -0.39 is 0 Å². The molecule has 0 bridgehead atoms. The molecule has 2 aromatic rings. The average Bonchev–Trinajstić information content (AvgIpc) is 3.30. The Kier molecular flexibility index (Phi) is 6.11. The maximum absolute atomic E-state index is 13.0. The van der Waals surface area contributed by atoms with Gasteiger partial charge in [0.2, 0.25) is 5.91 Å². The first-order valence-corrected chi connectivity index (χ1v) is 12.0. The molecular weight excluding hydrogens is 390 g/mol. The lowest BCUT2D eigenvalue weighted by Crippen LogP contribution is -2.44. The molecule has 7 heteroatoms. The smallest absolute Gasteiger partial charge is 0.265 e. The highest BCUT2D eigenvalue weighted by molar-refractivity contribution is 7.17. The molecule has 2 aliphatic heterocycles. The Balaban J connectivity index is 1.37. The van der Waals surface area contributed by atoms with Gasteiger partial charge in [0.15, 0.2) is 0 Å². The maximum Gasteiger partial charge on any atom is 0.265 e. The zero-order chi connectivity index (χ0) is 19.5. The van der Waals surface area contributed by atoms with E-state index in [0.29, 0.717) is 19.0 Å². The normalized spacial score (nSPS) is 18.9. The minimum absolute atomic E-state index is 0.0668. The number of rotatable bonds is 3. The van der Waals surface area contributed by atoms with Crippen LogP contribution in [0.25, 0.3) is 10.6 Å². The minimum atomic E-state index is 0.0668. The van der Waals surface area contributed by atoms with E-state index in [0.717, 1.165) is 59.9 Å². The first-order valence-electron chi connectivity index (χ1n) is 10.2. The molecule has 0 atom stereocenters. The van der Waals surface area contributed by atoms with Gasteiger partial charge in [0, 0.05) is 43.0 Å². The average molecular weight is 418 g/mol. The van der Waals surface area contributed by atoms with Gasteiger partial charge in [-0.3, -0.25) is 9.59 Å². The van der Waals surface area contributed by atoms with E-state index >= 15 is 0 Å². The quantitative estimate of drug-likeness (QED) is 0.742. The van der Waals surface area contributed by atoms with Crippen LogP contribution < -0.4 is 0 Å². The summed E-state index contributed by atoms with van der Waals surface area (Å²) in [6.07, 6.45) is 6.27. The highest BCUT2D eigenvalue weighted by atomic mass is 32.1. The Bertz CT molecular complexity index is 815. The van der Waals surface area contributed by atoms with E-state index in [-0.39, 0.29) is 11.8 Å². The summed E-state index contributed by atoms with van der Waals surface area (Å²) < 4.78 is 0. The standard InChI is InChI=1S/C21H27N3O2S2/c1-15-18(28-19(22-15)17-8-13-27-14-17)21(26)24-11-6-16(7-12-24)20(25)23-9-4-2-3-5-10-23/h8,13-14,16H,2-7,9-12H2,1H3. The number of amides is 2. The molecule has 2 amide bonds. The summed E-state index contributed by atoms with van der Waals surface area (Å²) in [5, 5.41) is 5.00. The number of aryl methyl sites for hydroxylation is 1. The van der Waals surface area contributed by atoms with Crippen LogP contribution in [0.4, 0.5) is 0 Å². The summed E-state index contributed by atoms with van der Waals surface area (Å²) in [6.45, 7) is 5.05. The monoisotopic (exact) mass is 417 g/mol. The molecular formula is C21H27N3O2S2. The molecule has 2 aliphatic rings. The maximum atomic E-state index is 13.0. The van der Waals surface area contributed by atoms with E-state index in [1.165, 1.54) is 24.2 Å². The van der Waals surface area contributed by atoms with Crippen molar-refractivity contribution in [3.05, 3.63) is 27.4 Å². The predicted molar refractivity (Wildman–Crippen MR) is 114 cm³/mol. The molecule has 28 heavy (non-hydrogen) atoms. The second kappa shape index (κ2) is 8.74. The summed E-state index contributed by atoms with van der Waals surface area (Å²) >= 11 is 3.12. The van der Waals surface area contributed by atoms with Crippen LogP contribution in [0.3, 0.4) is 0 Å². The van der Waals surface area contributed by atoms with Crippen molar-refractivity contribution in [1.29, 1.82) is 0 Å². The largest absolute Gasteiger partial charge is 0.342 e. The van der Waals surface area contributed by atoms with Crippen molar-refractivity contribution < 1.29 is 9.59 Å². The Morgan fingerprint density at radius 2 is 1.75 bits per heavy atom. The summed E-state index contributed by atoms with van der Waals surface area (Å²) in [5.41, 5.74) is 1.89. The number of likely N-dealkylation sites (tertiary alicyclic amines) is 2. The van der Waals surface area contributed by atoms with Crippen LogP contribution in [0.15, 0.2) is 16.8 Å². The molecule has 0 unspecified atom stereocenters. The van der Waals surface area contributed by atoms with Gasteiger partial charge in [-0.1, -0.05) is 12.8 Å². The van der Waals surface area contributed by atoms with E-state index in [1.807, 2.05) is 23.3 Å². The van der Waals surface area contributed by atoms with Gasteiger partial charge in [-0.15, -0.1) is 11.3 Å². The summed E-state index contributed by atoms with van der Waals surface area (Å²) in [7, 11) is 0. The number of carbonyl (C=O) groups excluding carboxylic acids is 2. The second-order valence-corrected chi connectivity index (χ2v) is 9.53. The molecule has 0 saturated carbocycles. The Labute approximate surface area is 174 Å². The molecule has 2 aromatic heterocycles. The van der Waals surface area contributed by atoms with Gasteiger partial charge in [-0.25, -0.2) is 4.98 Å². The highest BCUT2D eigenvalue weighted by Gasteiger charge is 2.32. The Hall–Kier alpha value is -1.73. The zero-order valence-corrected chi connectivity index (χ0v) is 18.0. The van der Waals surface area contributed by atoms with Crippen molar-refractivity contribution in [2.75, 3.05) is 26.2 Å². The molecule has 150 valence electrons. The van der Waals surface area contributed by atoms with Crippen LogP contribution in [0.1, 0.15) is 53.9 Å². The molecule has 2 fully saturated rings. The highest BCUT2D eigenvalue weighted by Crippen LogP contribution is 2.31. The number of nitrogens with zero attached hydrogens (tertiary/aromatic N) is 3. The number of hydrogen-bond acceptors (Lipinski definition) is 5. The molecule has 4 rings (SSSR count). The molecule has 0 aromatic carbocycles. The third-order valence-electron chi connectivity index (χ3n) is 5.81. The summed E-state index contributed by atoms with van der Waals surface area (Å²) in [4.78, 5) is 35.2. The van der Waals surface area contributed by atoms with Crippen LogP contribution in [0, 0.1) is 12.8 Å².